The molecule has 0 amide bonds. The van der Waals surface area contributed by atoms with E-state index >= 15 is 0 Å². The molecule has 6 heteroatoms. The van der Waals surface area contributed by atoms with Crippen molar-refractivity contribution >= 4 is 0 Å². The molecule has 0 aromatic heterocycles. The molecular formula is C13H28O6. The first kappa shape index (κ1) is 18.8. The summed E-state index contributed by atoms with van der Waals surface area (Å²) in [4.78, 5) is 0. The normalized spacial score (nSPS) is 18.0. The Kier molecular flexibility index (Phi) is 10.4. The van der Waals surface area contributed by atoms with Gasteiger partial charge in [-0.05, 0) is 25.7 Å². The van der Waals surface area contributed by atoms with Crippen LogP contribution in [0.3, 0.4) is 0 Å². The maximum atomic E-state index is 10.3. The minimum absolute atomic E-state index is 0.0934. The van der Waals surface area contributed by atoms with Crippen LogP contribution in [-0.4, -0.2) is 68.3 Å². The van der Waals surface area contributed by atoms with Crippen LogP contribution in [0.25, 0.3) is 0 Å². The van der Waals surface area contributed by atoms with Crippen LogP contribution >= 0.6 is 0 Å². The number of unbranched alkanes of at least 4 members (excludes halogenated alkanes) is 2. The Hall–Kier alpha value is -0.240. The van der Waals surface area contributed by atoms with Gasteiger partial charge in [0, 0.05) is 26.2 Å². The topological polar surface area (TPSA) is 121 Å². The molecule has 116 valence electrons. The van der Waals surface area contributed by atoms with Crippen molar-refractivity contribution in [1.29, 1.82) is 0 Å². The van der Waals surface area contributed by atoms with E-state index in [4.69, 9.17) is 15.3 Å². The van der Waals surface area contributed by atoms with Gasteiger partial charge in [-0.15, -0.1) is 0 Å². The average Bonchev–Trinajstić information content (AvgIpc) is 2.40. The smallest absolute Gasteiger partial charge is 0.118 e. The molecule has 3 unspecified atom stereocenters. The molecule has 0 saturated heterocycles. The lowest BCUT2D eigenvalue weighted by atomic mass is 9.82. The molecule has 0 aliphatic carbocycles. The molecule has 0 rings (SSSR count). The first-order valence-electron chi connectivity index (χ1n) is 6.94. The number of hydrogen-bond donors (Lipinski definition) is 6. The van der Waals surface area contributed by atoms with Gasteiger partial charge in [0.15, 0.2) is 0 Å². The molecule has 0 heterocycles. The van der Waals surface area contributed by atoms with E-state index in [0.717, 1.165) is 6.42 Å². The lowest BCUT2D eigenvalue weighted by Gasteiger charge is -2.37. The van der Waals surface area contributed by atoms with Gasteiger partial charge in [0.2, 0.25) is 0 Å². The molecule has 0 aliphatic heterocycles. The van der Waals surface area contributed by atoms with E-state index in [0.29, 0.717) is 25.7 Å². The Morgan fingerprint density at radius 3 is 1.68 bits per heavy atom. The van der Waals surface area contributed by atoms with Crippen molar-refractivity contribution in [3.63, 3.8) is 0 Å². The molecule has 0 saturated carbocycles. The molecule has 19 heavy (non-hydrogen) atoms. The number of aliphatic hydroxyl groups excluding tert-OH is 5. The minimum Gasteiger partial charge on any atom is -0.396 e. The third kappa shape index (κ3) is 6.65. The minimum atomic E-state index is -1.75. The molecule has 6 N–H and O–H groups in total. The van der Waals surface area contributed by atoms with Crippen LogP contribution in [0.1, 0.15) is 44.9 Å². The predicted molar refractivity (Wildman–Crippen MR) is 70.5 cm³/mol. The molecule has 0 aromatic carbocycles. The molecule has 0 aromatic rings. The summed E-state index contributed by atoms with van der Waals surface area (Å²) in [5.41, 5.74) is -1.75. The van der Waals surface area contributed by atoms with Crippen molar-refractivity contribution < 1.29 is 30.6 Å². The van der Waals surface area contributed by atoms with Gasteiger partial charge in [-0.25, -0.2) is 0 Å². The van der Waals surface area contributed by atoms with E-state index in [1.165, 1.54) is 0 Å². The predicted octanol–water partition coefficient (Wildman–Crippen LogP) is -0.853. The Labute approximate surface area is 114 Å². The summed E-state index contributed by atoms with van der Waals surface area (Å²) in [6, 6.07) is 0. The second-order valence-corrected chi connectivity index (χ2v) is 4.94. The highest BCUT2D eigenvalue weighted by atomic mass is 16.4. The third-order valence-corrected chi connectivity index (χ3v) is 3.44. The summed E-state index contributed by atoms with van der Waals surface area (Å²) >= 11 is 0. The third-order valence-electron chi connectivity index (χ3n) is 3.44. The first-order valence-corrected chi connectivity index (χ1v) is 6.94. The Morgan fingerprint density at radius 1 is 0.684 bits per heavy atom. The highest BCUT2D eigenvalue weighted by molar-refractivity contribution is 4.93. The number of rotatable bonds is 12. The monoisotopic (exact) mass is 280 g/mol. The van der Waals surface area contributed by atoms with Gasteiger partial charge >= 0.3 is 0 Å². The van der Waals surface area contributed by atoms with Crippen molar-refractivity contribution in [2.75, 3.05) is 19.8 Å². The van der Waals surface area contributed by atoms with Crippen LogP contribution in [0.2, 0.25) is 0 Å². The molecule has 0 radical (unpaired) electrons. The van der Waals surface area contributed by atoms with Gasteiger partial charge in [0.25, 0.3) is 0 Å². The molecule has 0 aliphatic rings. The van der Waals surface area contributed by atoms with Crippen molar-refractivity contribution in [2.45, 2.75) is 62.8 Å². The van der Waals surface area contributed by atoms with Gasteiger partial charge < -0.3 is 30.6 Å². The quantitative estimate of drug-likeness (QED) is 0.259. The van der Waals surface area contributed by atoms with E-state index in [2.05, 4.69) is 0 Å². The van der Waals surface area contributed by atoms with E-state index < -0.39 is 17.8 Å². The fourth-order valence-corrected chi connectivity index (χ4v) is 2.15. The summed E-state index contributed by atoms with van der Waals surface area (Å²) in [5, 5.41) is 56.6. The van der Waals surface area contributed by atoms with Crippen molar-refractivity contribution in [2.24, 2.45) is 0 Å². The lowest BCUT2D eigenvalue weighted by Crippen LogP contribution is -2.53. The van der Waals surface area contributed by atoms with E-state index in [1.807, 2.05) is 0 Å². The highest BCUT2D eigenvalue weighted by Gasteiger charge is 2.41. The van der Waals surface area contributed by atoms with E-state index in [1.54, 1.807) is 0 Å². The standard InChI is InChI=1S/C13H28O6/c14-8-3-1-2-5-11(17)13(19,7-10-16)12(18)6-4-9-15/h11-12,14-19H,1-10H2. The fraction of sp³-hybridized carbons (Fsp3) is 1.00. The molecule has 0 fully saturated rings. The van der Waals surface area contributed by atoms with E-state index in [-0.39, 0.29) is 32.7 Å². The van der Waals surface area contributed by atoms with Gasteiger partial charge in [-0.3, -0.25) is 0 Å². The van der Waals surface area contributed by atoms with Gasteiger partial charge in [0.1, 0.15) is 5.60 Å². The Balaban J connectivity index is 4.39. The molecule has 0 bridgehead atoms. The largest absolute Gasteiger partial charge is 0.396 e. The first-order chi connectivity index (χ1) is 9.02. The molecule has 6 nitrogen and oxygen atoms in total. The van der Waals surface area contributed by atoms with Gasteiger partial charge in [0.05, 0.1) is 12.2 Å². The van der Waals surface area contributed by atoms with E-state index in [9.17, 15) is 15.3 Å². The summed E-state index contributed by atoms with van der Waals surface area (Å²) in [6.07, 6.45) is 0.364. The van der Waals surface area contributed by atoms with Crippen LogP contribution in [0, 0.1) is 0 Å². The van der Waals surface area contributed by atoms with Crippen LogP contribution in [-0.2, 0) is 0 Å². The number of aliphatic hydroxyl groups is 6. The summed E-state index contributed by atoms with van der Waals surface area (Å²) in [5.74, 6) is 0. The summed E-state index contributed by atoms with van der Waals surface area (Å²) in [6.45, 7) is -0.338. The van der Waals surface area contributed by atoms with Crippen molar-refractivity contribution in [3.8, 4) is 0 Å². The summed E-state index contributed by atoms with van der Waals surface area (Å²) in [7, 11) is 0. The van der Waals surface area contributed by atoms with Gasteiger partial charge in [-0.2, -0.15) is 0 Å². The second kappa shape index (κ2) is 10.5. The second-order valence-electron chi connectivity index (χ2n) is 4.94. The summed E-state index contributed by atoms with van der Waals surface area (Å²) < 4.78 is 0. The molecule has 0 spiro atoms. The Morgan fingerprint density at radius 2 is 1.21 bits per heavy atom. The number of hydrogen-bond acceptors (Lipinski definition) is 6. The van der Waals surface area contributed by atoms with Gasteiger partial charge in [-0.1, -0.05) is 12.8 Å². The SMILES string of the molecule is OCCCCCC(O)C(O)(CCO)C(O)CCCO. The zero-order chi connectivity index (χ0) is 14.7. The van der Waals surface area contributed by atoms with Crippen molar-refractivity contribution in [3.05, 3.63) is 0 Å². The zero-order valence-electron chi connectivity index (χ0n) is 11.4. The average molecular weight is 280 g/mol. The van der Waals surface area contributed by atoms with Crippen LogP contribution in [0.5, 0.6) is 0 Å². The Bertz CT molecular complexity index is 213. The maximum Gasteiger partial charge on any atom is 0.118 e. The highest BCUT2D eigenvalue weighted by Crippen LogP contribution is 2.26. The van der Waals surface area contributed by atoms with Crippen LogP contribution in [0.15, 0.2) is 0 Å². The molecular weight excluding hydrogens is 252 g/mol. The van der Waals surface area contributed by atoms with Crippen molar-refractivity contribution in [1.82, 2.24) is 0 Å². The maximum absolute atomic E-state index is 10.3. The van der Waals surface area contributed by atoms with Crippen LogP contribution < -0.4 is 0 Å². The van der Waals surface area contributed by atoms with Crippen LogP contribution in [0.4, 0.5) is 0 Å². The molecule has 3 atom stereocenters. The fourth-order valence-electron chi connectivity index (χ4n) is 2.15. The lowest BCUT2D eigenvalue weighted by molar-refractivity contribution is -0.159. The zero-order valence-corrected chi connectivity index (χ0v) is 11.4.